The third-order valence-electron chi connectivity index (χ3n) is 3.72. The van der Waals surface area contributed by atoms with Gasteiger partial charge in [-0.15, -0.1) is 0 Å². The molecule has 18 heavy (non-hydrogen) atoms. The number of methoxy groups -OCH3 is 1. The molecular weight excluding hydrogens is 228 g/mol. The zero-order chi connectivity index (χ0) is 13.5. The van der Waals surface area contributed by atoms with E-state index in [0.717, 1.165) is 32.1 Å². The molecule has 0 aromatic heterocycles. The molecule has 1 aliphatic rings. The first-order chi connectivity index (χ1) is 8.54. The van der Waals surface area contributed by atoms with Crippen LogP contribution in [0.5, 0.6) is 0 Å². The van der Waals surface area contributed by atoms with Crippen LogP contribution >= 0.6 is 0 Å². The summed E-state index contributed by atoms with van der Waals surface area (Å²) in [6.45, 7) is 10.6. The lowest BCUT2D eigenvalue weighted by Crippen LogP contribution is -2.45. The van der Waals surface area contributed by atoms with E-state index >= 15 is 0 Å². The maximum Gasteiger partial charge on any atom is 0.322 e. The second kappa shape index (κ2) is 7.74. The van der Waals surface area contributed by atoms with Crippen LogP contribution in [0.4, 0.5) is 0 Å². The fourth-order valence-corrected chi connectivity index (χ4v) is 2.44. The lowest BCUT2D eigenvalue weighted by Gasteiger charge is -2.34. The number of hydrogen-bond donors (Lipinski definition) is 1. The van der Waals surface area contributed by atoms with E-state index in [1.165, 1.54) is 20.0 Å². The molecule has 106 valence electrons. The number of ether oxygens (including phenoxy) is 1. The first kappa shape index (κ1) is 15.4. The van der Waals surface area contributed by atoms with Gasteiger partial charge in [-0.3, -0.25) is 9.69 Å². The van der Waals surface area contributed by atoms with E-state index < -0.39 is 0 Å². The molecule has 0 bridgehead atoms. The summed E-state index contributed by atoms with van der Waals surface area (Å²) >= 11 is 0. The molecule has 4 nitrogen and oxygen atoms in total. The number of likely N-dealkylation sites (tertiary alicyclic amines) is 1. The lowest BCUT2D eigenvalue weighted by molar-refractivity contribution is -0.146. The molecule has 0 radical (unpaired) electrons. The third kappa shape index (κ3) is 4.94. The highest BCUT2D eigenvalue weighted by atomic mass is 16.5. The van der Waals surface area contributed by atoms with Crippen LogP contribution in [-0.4, -0.2) is 50.2 Å². The summed E-state index contributed by atoms with van der Waals surface area (Å²) < 4.78 is 4.79. The number of nitrogens with one attached hydrogen (secondary N) is 1. The molecule has 1 aliphatic heterocycles. The van der Waals surface area contributed by atoms with Crippen LogP contribution in [0.1, 0.15) is 33.6 Å². The summed E-state index contributed by atoms with van der Waals surface area (Å²) in [4.78, 5) is 13.7. The van der Waals surface area contributed by atoms with E-state index in [2.05, 4.69) is 24.1 Å². The number of carbonyl (C=O) groups is 1. The number of hydrogen-bond acceptors (Lipinski definition) is 4. The van der Waals surface area contributed by atoms with Gasteiger partial charge in [-0.2, -0.15) is 0 Å². The van der Waals surface area contributed by atoms with Gasteiger partial charge in [0, 0.05) is 0 Å². The van der Waals surface area contributed by atoms with Crippen molar-refractivity contribution in [3.05, 3.63) is 0 Å². The first-order valence-electron chi connectivity index (χ1n) is 7.07. The predicted molar refractivity (Wildman–Crippen MR) is 73.5 cm³/mol. The number of esters is 1. The third-order valence-corrected chi connectivity index (χ3v) is 3.72. The van der Waals surface area contributed by atoms with Crippen LogP contribution in [0.3, 0.4) is 0 Å². The molecule has 0 aromatic rings. The average Bonchev–Trinajstić information content (AvgIpc) is 2.37. The van der Waals surface area contributed by atoms with Gasteiger partial charge in [0.15, 0.2) is 0 Å². The van der Waals surface area contributed by atoms with Crippen molar-refractivity contribution in [2.24, 2.45) is 11.8 Å². The Morgan fingerprint density at radius 1 is 1.33 bits per heavy atom. The number of piperidine rings is 1. The highest BCUT2D eigenvalue weighted by molar-refractivity contribution is 5.75. The van der Waals surface area contributed by atoms with Gasteiger partial charge in [0.25, 0.3) is 0 Å². The molecule has 1 fully saturated rings. The van der Waals surface area contributed by atoms with Crippen LogP contribution < -0.4 is 5.32 Å². The molecule has 1 N–H and O–H groups in total. The van der Waals surface area contributed by atoms with E-state index in [1.54, 1.807) is 0 Å². The van der Waals surface area contributed by atoms with E-state index in [-0.39, 0.29) is 12.0 Å². The maximum atomic E-state index is 11.5. The van der Waals surface area contributed by atoms with Crippen molar-refractivity contribution in [1.82, 2.24) is 10.2 Å². The molecule has 4 heteroatoms. The minimum atomic E-state index is -0.119. The Morgan fingerprint density at radius 3 is 2.44 bits per heavy atom. The topological polar surface area (TPSA) is 41.6 Å². The van der Waals surface area contributed by atoms with Crippen LogP contribution in [-0.2, 0) is 9.53 Å². The molecule has 0 amide bonds. The number of rotatable bonds is 6. The summed E-state index contributed by atoms with van der Waals surface area (Å²) in [5.41, 5.74) is 0. The first-order valence-corrected chi connectivity index (χ1v) is 7.07. The van der Waals surface area contributed by atoms with Gasteiger partial charge in [-0.05, 0) is 57.8 Å². The van der Waals surface area contributed by atoms with Gasteiger partial charge in [0.1, 0.15) is 6.04 Å². The van der Waals surface area contributed by atoms with Crippen molar-refractivity contribution >= 4 is 5.97 Å². The van der Waals surface area contributed by atoms with Crippen molar-refractivity contribution in [1.29, 1.82) is 0 Å². The fraction of sp³-hybridized carbons (Fsp3) is 0.929. The summed E-state index contributed by atoms with van der Waals surface area (Å²) in [6.07, 6.45) is 2.35. The summed E-state index contributed by atoms with van der Waals surface area (Å²) in [5, 5.41) is 3.52. The quantitative estimate of drug-likeness (QED) is 0.731. The Bertz CT molecular complexity index is 248. The largest absolute Gasteiger partial charge is 0.468 e. The summed E-state index contributed by atoms with van der Waals surface area (Å²) in [5.74, 6) is 1.35. The average molecular weight is 256 g/mol. The van der Waals surface area contributed by atoms with Crippen molar-refractivity contribution in [2.45, 2.75) is 39.7 Å². The molecule has 0 saturated carbocycles. The second-order valence-electron chi connectivity index (χ2n) is 5.73. The standard InChI is InChI=1S/C14H28N2O2/c1-11(2)9-15-10-13-5-7-16(8-6-13)12(3)14(17)18-4/h11-13,15H,5-10H2,1-4H3. The van der Waals surface area contributed by atoms with Gasteiger partial charge in [0.2, 0.25) is 0 Å². The van der Waals surface area contributed by atoms with Gasteiger partial charge >= 0.3 is 5.97 Å². The molecule has 0 spiro atoms. The summed E-state index contributed by atoms with van der Waals surface area (Å²) in [7, 11) is 1.46. The Hall–Kier alpha value is -0.610. The number of carbonyl (C=O) groups excluding carboxylic acids is 1. The van der Waals surface area contributed by atoms with Crippen molar-refractivity contribution in [3.8, 4) is 0 Å². The van der Waals surface area contributed by atoms with Crippen LogP contribution in [0.15, 0.2) is 0 Å². The minimum absolute atomic E-state index is 0.0976. The van der Waals surface area contributed by atoms with Crippen LogP contribution in [0.2, 0.25) is 0 Å². The molecule has 0 aliphatic carbocycles. The van der Waals surface area contributed by atoms with Crippen LogP contribution in [0, 0.1) is 11.8 Å². The molecule has 1 saturated heterocycles. The minimum Gasteiger partial charge on any atom is -0.468 e. The molecular formula is C14H28N2O2. The number of nitrogens with zero attached hydrogens (tertiary/aromatic N) is 1. The smallest absolute Gasteiger partial charge is 0.322 e. The zero-order valence-corrected chi connectivity index (χ0v) is 12.2. The fourth-order valence-electron chi connectivity index (χ4n) is 2.44. The Kier molecular flexibility index (Phi) is 6.65. The molecule has 1 heterocycles. The van der Waals surface area contributed by atoms with E-state index in [9.17, 15) is 4.79 Å². The highest BCUT2D eigenvalue weighted by Gasteiger charge is 2.26. The Morgan fingerprint density at radius 2 is 1.94 bits per heavy atom. The molecule has 0 aromatic carbocycles. The highest BCUT2D eigenvalue weighted by Crippen LogP contribution is 2.18. The van der Waals surface area contributed by atoms with Gasteiger partial charge in [0.05, 0.1) is 7.11 Å². The van der Waals surface area contributed by atoms with E-state index in [1.807, 2.05) is 6.92 Å². The Balaban J connectivity index is 2.22. The molecule has 1 unspecified atom stereocenters. The SMILES string of the molecule is COC(=O)C(C)N1CCC(CNCC(C)C)CC1. The monoisotopic (exact) mass is 256 g/mol. The zero-order valence-electron chi connectivity index (χ0n) is 12.2. The van der Waals surface area contributed by atoms with E-state index in [4.69, 9.17) is 4.74 Å². The van der Waals surface area contributed by atoms with Gasteiger partial charge < -0.3 is 10.1 Å². The van der Waals surface area contributed by atoms with Crippen molar-refractivity contribution in [2.75, 3.05) is 33.3 Å². The molecule has 1 atom stereocenters. The molecule has 1 rings (SSSR count). The van der Waals surface area contributed by atoms with Crippen molar-refractivity contribution in [3.63, 3.8) is 0 Å². The normalized spacial score (nSPS) is 20.1. The maximum absolute atomic E-state index is 11.5. The lowest BCUT2D eigenvalue weighted by atomic mass is 9.95. The second-order valence-corrected chi connectivity index (χ2v) is 5.73. The van der Waals surface area contributed by atoms with Crippen LogP contribution in [0.25, 0.3) is 0 Å². The van der Waals surface area contributed by atoms with Crippen molar-refractivity contribution < 1.29 is 9.53 Å². The predicted octanol–water partition coefficient (Wildman–Crippen LogP) is 1.51. The van der Waals surface area contributed by atoms with Gasteiger partial charge in [-0.1, -0.05) is 13.8 Å². The van der Waals surface area contributed by atoms with E-state index in [0.29, 0.717) is 5.92 Å². The summed E-state index contributed by atoms with van der Waals surface area (Å²) in [6, 6.07) is -0.0976. The van der Waals surface area contributed by atoms with Gasteiger partial charge in [-0.25, -0.2) is 0 Å². The Labute approximate surface area is 111 Å².